The van der Waals surface area contributed by atoms with E-state index in [4.69, 9.17) is 19.9 Å². The SMILES string of the molecule is CCC(C)OCC1OC(N(CC)c2ncncc2N)CC1OC. The zero-order chi connectivity index (χ0) is 16.8. The van der Waals surface area contributed by atoms with Gasteiger partial charge in [-0.15, -0.1) is 0 Å². The highest BCUT2D eigenvalue weighted by atomic mass is 16.6. The van der Waals surface area contributed by atoms with E-state index in [2.05, 4.69) is 30.7 Å². The van der Waals surface area contributed by atoms with Crippen molar-refractivity contribution < 1.29 is 14.2 Å². The summed E-state index contributed by atoms with van der Waals surface area (Å²) in [5.41, 5.74) is 6.55. The van der Waals surface area contributed by atoms with Crippen molar-refractivity contribution in [1.29, 1.82) is 0 Å². The smallest absolute Gasteiger partial charge is 0.157 e. The van der Waals surface area contributed by atoms with Crippen LogP contribution in [-0.2, 0) is 14.2 Å². The molecule has 0 aliphatic carbocycles. The molecule has 23 heavy (non-hydrogen) atoms. The van der Waals surface area contributed by atoms with Crippen LogP contribution in [0.1, 0.15) is 33.6 Å². The molecule has 0 saturated carbocycles. The van der Waals surface area contributed by atoms with Gasteiger partial charge < -0.3 is 24.8 Å². The van der Waals surface area contributed by atoms with Crippen LogP contribution in [0.5, 0.6) is 0 Å². The first kappa shape index (κ1) is 17.9. The third kappa shape index (κ3) is 4.31. The minimum atomic E-state index is -0.132. The molecular weight excluding hydrogens is 296 g/mol. The Morgan fingerprint density at radius 2 is 2.26 bits per heavy atom. The molecule has 7 heteroatoms. The summed E-state index contributed by atoms with van der Waals surface area (Å²) < 4.78 is 17.6. The molecule has 1 aromatic heterocycles. The lowest BCUT2D eigenvalue weighted by atomic mass is 10.1. The molecule has 4 unspecified atom stereocenters. The van der Waals surface area contributed by atoms with Crippen molar-refractivity contribution in [3.05, 3.63) is 12.5 Å². The second kappa shape index (κ2) is 8.42. The Kier molecular flexibility index (Phi) is 6.56. The fraction of sp³-hybridized carbons (Fsp3) is 0.750. The predicted molar refractivity (Wildman–Crippen MR) is 89.2 cm³/mol. The summed E-state index contributed by atoms with van der Waals surface area (Å²) in [6, 6.07) is 0. The molecule has 1 aliphatic heterocycles. The van der Waals surface area contributed by atoms with Gasteiger partial charge in [-0.1, -0.05) is 6.92 Å². The molecule has 2 rings (SSSR count). The van der Waals surface area contributed by atoms with Crippen LogP contribution < -0.4 is 10.6 Å². The molecule has 0 radical (unpaired) electrons. The van der Waals surface area contributed by atoms with E-state index in [0.29, 0.717) is 18.1 Å². The third-order valence-electron chi connectivity index (χ3n) is 4.28. The first-order valence-electron chi connectivity index (χ1n) is 8.22. The molecule has 0 amide bonds. The van der Waals surface area contributed by atoms with E-state index in [0.717, 1.165) is 19.4 Å². The van der Waals surface area contributed by atoms with Gasteiger partial charge in [0.05, 0.1) is 30.7 Å². The number of hydrogen-bond donors (Lipinski definition) is 1. The summed E-state index contributed by atoms with van der Waals surface area (Å²) >= 11 is 0. The number of hydrogen-bond acceptors (Lipinski definition) is 7. The summed E-state index contributed by atoms with van der Waals surface area (Å²) in [7, 11) is 1.71. The molecule has 0 spiro atoms. The lowest BCUT2D eigenvalue weighted by Gasteiger charge is -2.29. The van der Waals surface area contributed by atoms with Crippen LogP contribution in [0.15, 0.2) is 12.5 Å². The monoisotopic (exact) mass is 324 g/mol. The molecule has 4 atom stereocenters. The van der Waals surface area contributed by atoms with Crippen LogP contribution in [0.3, 0.4) is 0 Å². The Labute approximate surface area is 138 Å². The number of anilines is 2. The minimum absolute atomic E-state index is 0.00108. The van der Waals surface area contributed by atoms with Gasteiger partial charge in [0.2, 0.25) is 0 Å². The van der Waals surface area contributed by atoms with Crippen LogP contribution in [0.4, 0.5) is 11.5 Å². The van der Waals surface area contributed by atoms with Crippen molar-refractivity contribution in [3.63, 3.8) is 0 Å². The highest BCUT2D eigenvalue weighted by molar-refractivity contribution is 5.61. The summed E-state index contributed by atoms with van der Waals surface area (Å²) in [5.74, 6) is 0.700. The summed E-state index contributed by atoms with van der Waals surface area (Å²) in [6.07, 6.45) is 4.84. The first-order chi connectivity index (χ1) is 11.1. The van der Waals surface area contributed by atoms with Gasteiger partial charge in [-0.05, 0) is 20.3 Å². The minimum Gasteiger partial charge on any atom is -0.394 e. The Morgan fingerprint density at radius 1 is 1.48 bits per heavy atom. The van der Waals surface area contributed by atoms with Crippen LogP contribution in [-0.4, -0.2) is 54.8 Å². The summed E-state index contributed by atoms with van der Waals surface area (Å²) in [6.45, 7) is 7.49. The molecule has 1 fully saturated rings. The van der Waals surface area contributed by atoms with Gasteiger partial charge in [0.1, 0.15) is 18.7 Å². The lowest BCUT2D eigenvalue weighted by molar-refractivity contribution is -0.0700. The first-order valence-corrected chi connectivity index (χ1v) is 8.22. The molecule has 1 aliphatic rings. The maximum atomic E-state index is 6.18. The topological polar surface area (TPSA) is 82.7 Å². The Balaban J connectivity index is 2.06. The van der Waals surface area contributed by atoms with Gasteiger partial charge >= 0.3 is 0 Å². The van der Waals surface area contributed by atoms with Gasteiger partial charge in [-0.25, -0.2) is 9.97 Å². The zero-order valence-corrected chi connectivity index (χ0v) is 14.4. The van der Waals surface area contributed by atoms with Gasteiger partial charge in [0.25, 0.3) is 0 Å². The van der Waals surface area contributed by atoms with Crippen molar-refractivity contribution in [1.82, 2.24) is 9.97 Å². The second-order valence-corrected chi connectivity index (χ2v) is 5.78. The van der Waals surface area contributed by atoms with Crippen molar-refractivity contribution in [3.8, 4) is 0 Å². The second-order valence-electron chi connectivity index (χ2n) is 5.78. The number of nitrogens with zero attached hydrogens (tertiary/aromatic N) is 3. The molecule has 2 N–H and O–H groups in total. The number of nitrogens with two attached hydrogens (primary N) is 1. The number of methoxy groups -OCH3 is 1. The quantitative estimate of drug-likeness (QED) is 0.781. The molecule has 0 aromatic carbocycles. The van der Waals surface area contributed by atoms with E-state index in [1.165, 1.54) is 6.33 Å². The van der Waals surface area contributed by atoms with Crippen LogP contribution in [0.2, 0.25) is 0 Å². The van der Waals surface area contributed by atoms with Crippen molar-refractivity contribution in [2.24, 2.45) is 0 Å². The normalized spacial score (nSPS) is 25.5. The van der Waals surface area contributed by atoms with Gasteiger partial charge in [0, 0.05) is 20.1 Å². The molecule has 0 bridgehead atoms. The maximum Gasteiger partial charge on any atom is 0.157 e. The molecular formula is C16H28N4O3. The Bertz CT molecular complexity index is 488. The third-order valence-corrected chi connectivity index (χ3v) is 4.28. The van der Waals surface area contributed by atoms with Gasteiger partial charge in [-0.3, -0.25) is 0 Å². The Hall–Kier alpha value is -1.44. The molecule has 1 saturated heterocycles. The van der Waals surface area contributed by atoms with Crippen molar-refractivity contribution in [2.45, 2.75) is 58.2 Å². The van der Waals surface area contributed by atoms with E-state index in [1.807, 2.05) is 4.90 Å². The highest BCUT2D eigenvalue weighted by Crippen LogP contribution is 2.30. The molecule has 1 aromatic rings. The van der Waals surface area contributed by atoms with Crippen LogP contribution in [0, 0.1) is 0 Å². The number of ether oxygens (including phenoxy) is 3. The van der Waals surface area contributed by atoms with E-state index in [9.17, 15) is 0 Å². The van der Waals surface area contributed by atoms with E-state index < -0.39 is 0 Å². The van der Waals surface area contributed by atoms with Gasteiger partial charge in [0.15, 0.2) is 5.82 Å². The molecule has 130 valence electrons. The van der Waals surface area contributed by atoms with E-state index in [1.54, 1.807) is 13.3 Å². The average Bonchev–Trinajstić information content (AvgIpc) is 2.98. The fourth-order valence-electron chi connectivity index (χ4n) is 2.73. The maximum absolute atomic E-state index is 6.18. The number of nitrogen functional groups attached to an aromatic ring is 1. The van der Waals surface area contributed by atoms with Crippen LogP contribution in [0.25, 0.3) is 0 Å². The van der Waals surface area contributed by atoms with Crippen molar-refractivity contribution >= 4 is 11.5 Å². The largest absolute Gasteiger partial charge is 0.394 e. The van der Waals surface area contributed by atoms with E-state index in [-0.39, 0.29) is 24.5 Å². The lowest BCUT2D eigenvalue weighted by Crippen LogP contribution is -2.37. The van der Waals surface area contributed by atoms with Crippen LogP contribution >= 0.6 is 0 Å². The summed E-state index contributed by atoms with van der Waals surface area (Å²) in [5, 5.41) is 0. The number of rotatable bonds is 8. The van der Waals surface area contributed by atoms with Crippen molar-refractivity contribution in [2.75, 3.05) is 30.9 Å². The highest BCUT2D eigenvalue weighted by Gasteiger charge is 2.39. The Morgan fingerprint density at radius 3 is 2.87 bits per heavy atom. The number of aromatic nitrogens is 2. The fourth-order valence-corrected chi connectivity index (χ4v) is 2.73. The molecule has 2 heterocycles. The zero-order valence-electron chi connectivity index (χ0n) is 14.4. The van der Waals surface area contributed by atoms with Gasteiger partial charge in [-0.2, -0.15) is 0 Å². The molecule has 7 nitrogen and oxygen atoms in total. The summed E-state index contributed by atoms with van der Waals surface area (Å²) in [4.78, 5) is 10.3. The standard InChI is InChI=1S/C16H28N4O3/c1-5-11(3)22-9-14-13(21-4)7-15(23-14)20(6-2)16-12(17)8-18-10-19-16/h8,10-11,13-15H,5-7,9,17H2,1-4H3. The van der Waals surface area contributed by atoms with E-state index >= 15 is 0 Å². The predicted octanol–water partition coefficient (Wildman–Crippen LogP) is 1.83. The average molecular weight is 324 g/mol.